The van der Waals surface area contributed by atoms with Crippen LogP contribution < -0.4 is 19.5 Å². The number of nitrogens with one attached hydrogen (secondary N) is 1. The van der Waals surface area contributed by atoms with E-state index in [0.717, 1.165) is 0 Å². The molecule has 0 radical (unpaired) electrons. The minimum Gasteiger partial charge on any atom is -0.496 e. The first-order chi connectivity index (χ1) is 13.4. The summed E-state index contributed by atoms with van der Waals surface area (Å²) in [5.74, 6) is 0.331. The van der Waals surface area contributed by atoms with E-state index in [1.165, 1.54) is 50.4 Å². The van der Waals surface area contributed by atoms with Gasteiger partial charge in [-0.3, -0.25) is 14.9 Å². The van der Waals surface area contributed by atoms with Gasteiger partial charge in [0.25, 0.3) is 11.6 Å². The molecule has 28 heavy (non-hydrogen) atoms. The number of ether oxygens (including phenoxy) is 3. The molecule has 0 unspecified atom stereocenters. The zero-order chi connectivity index (χ0) is 20.7. The van der Waals surface area contributed by atoms with Crippen LogP contribution in [0, 0.1) is 21.4 Å². The maximum Gasteiger partial charge on any atom is 0.296 e. The second kappa shape index (κ2) is 9.23. The lowest BCUT2D eigenvalue weighted by Gasteiger charge is -2.17. The average molecular weight is 385 g/mol. The van der Waals surface area contributed by atoms with Crippen molar-refractivity contribution >= 4 is 17.3 Å². The number of benzene rings is 2. The van der Waals surface area contributed by atoms with Crippen LogP contribution in [0.3, 0.4) is 0 Å². The predicted octanol–water partition coefficient (Wildman–Crippen LogP) is 3.28. The Hall–Kier alpha value is -3.80. The van der Waals surface area contributed by atoms with E-state index in [1.54, 1.807) is 6.92 Å². The first-order valence-electron chi connectivity index (χ1n) is 8.36. The molecule has 146 valence electrons. The van der Waals surface area contributed by atoms with E-state index < -0.39 is 16.9 Å². The molecule has 9 nitrogen and oxygen atoms in total. The summed E-state index contributed by atoms with van der Waals surface area (Å²) in [5, 5.41) is 22.7. The Kier molecular flexibility index (Phi) is 6.76. The number of carbonyl (C=O) groups excluding carboxylic acids is 1. The summed E-state index contributed by atoms with van der Waals surface area (Å²) < 4.78 is 16.0. The normalized spacial score (nSPS) is 11.1. The molecule has 9 heteroatoms. The van der Waals surface area contributed by atoms with E-state index in [0.29, 0.717) is 23.7 Å². The highest BCUT2D eigenvalue weighted by molar-refractivity contribution is 5.96. The van der Waals surface area contributed by atoms with Crippen LogP contribution in [0.2, 0.25) is 0 Å². The van der Waals surface area contributed by atoms with Crippen LogP contribution in [0.25, 0.3) is 0 Å². The van der Waals surface area contributed by atoms with Gasteiger partial charge in [0, 0.05) is 6.07 Å². The fourth-order valence-electron chi connectivity index (χ4n) is 2.32. The monoisotopic (exact) mass is 385 g/mol. The molecular formula is C19H19N3O6. The quantitative estimate of drug-likeness (QED) is 0.546. The van der Waals surface area contributed by atoms with Gasteiger partial charge in [0.15, 0.2) is 17.6 Å². The number of nitrogens with zero attached hydrogens (tertiary/aromatic N) is 2. The molecule has 0 fully saturated rings. The molecule has 0 spiro atoms. The second-order valence-corrected chi connectivity index (χ2v) is 5.60. The van der Waals surface area contributed by atoms with Crippen molar-refractivity contribution in [2.45, 2.75) is 20.0 Å². The standard InChI is InChI=1S/C19H19N3O6/c1-4-27-18-9-13(11-20)5-8-17(18)28-12(2)19(23)21-15-7-6-14(26-3)10-16(15)22(24)25/h5-10,12H,4H2,1-3H3,(H,21,23)/t12-/m0/s1. The van der Waals surface area contributed by atoms with Crippen molar-refractivity contribution < 1.29 is 23.9 Å². The summed E-state index contributed by atoms with van der Waals surface area (Å²) >= 11 is 0. The van der Waals surface area contributed by atoms with Crippen molar-refractivity contribution in [3.05, 3.63) is 52.1 Å². The highest BCUT2D eigenvalue weighted by Gasteiger charge is 2.22. The lowest BCUT2D eigenvalue weighted by Crippen LogP contribution is -2.30. The minimum atomic E-state index is -0.978. The number of rotatable bonds is 8. The molecule has 0 aliphatic rings. The average Bonchev–Trinajstić information content (AvgIpc) is 2.69. The molecule has 1 atom stereocenters. The zero-order valence-corrected chi connectivity index (χ0v) is 15.6. The van der Waals surface area contributed by atoms with E-state index >= 15 is 0 Å². The zero-order valence-electron chi connectivity index (χ0n) is 15.6. The number of hydrogen-bond acceptors (Lipinski definition) is 7. The fraction of sp³-hybridized carbons (Fsp3) is 0.263. The smallest absolute Gasteiger partial charge is 0.296 e. The highest BCUT2D eigenvalue weighted by atomic mass is 16.6. The number of nitro groups is 1. The Morgan fingerprint density at radius 1 is 1.29 bits per heavy atom. The third-order valence-corrected chi connectivity index (χ3v) is 3.71. The van der Waals surface area contributed by atoms with Crippen LogP contribution in [0.4, 0.5) is 11.4 Å². The van der Waals surface area contributed by atoms with Crippen LogP contribution >= 0.6 is 0 Å². The van der Waals surface area contributed by atoms with Crippen molar-refractivity contribution in [1.29, 1.82) is 5.26 Å². The number of nitro benzene ring substituents is 1. The van der Waals surface area contributed by atoms with Crippen molar-refractivity contribution in [1.82, 2.24) is 0 Å². The Morgan fingerprint density at radius 2 is 2.04 bits per heavy atom. The van der Waals surface area contributed by atoms with Gasteiger partial charge in [-0.05, 0) is 38.1 Å². The summed E-state index contributed by atoms with van der Waals surface area (Å²) in [6.07, 6.45) is -0.978. The van der Waals surface area contributed by atoms with Crippen LogP contribution in [-0.2, 0) is 4.79 Å². The van der Waals surface area contributed by atoms with E-state index in [-0.39, 0.29) is 17.1 Å². The van der Waals surface area contributed by atoms with Gasteiger partial charge >= 0.3 is 0 Å². The predicted molar refractivity (Wildman–Crippen MR) is 101 cm³/mol. The Bertz CT molecular complexity index is 922. The van der Waals surface area contributed by atoms with E-state index in [9.17, 15) is 14.9 Å². The van der Waals surface area contributed by atoms with Gasteiger partial charge in [0.2, 0.25) is 0 Å². The molecule has 1 amide bonds. The Morgan fingerprint density at radius 3 is 2.64 bits per heavy atom. The Labute approximate surface area is 161 Å². The van der Waals surface area contributed by atoms with E-state index in [1.807, 2.05) is 6.07 Å². The van der Waals surface area contributed by atoms with Gasteiger partial charge in [-0.15, -0.1) is 0 Å². The summed E-state index contributed by atoms with van der Waals surface area (Å²) in [5.41, 5.74) is 0.117. The topological polar surface area (TPSA) is 124 Å². The van der Waals surface area contributed by atoms with Gasteiger partial charge in [0.05, 0.1) is 36.3 Å². The fourth-order valence-corrected chi connectivity index (χ4v) is 2.32. The van der Waals surface area contributed by atoms with Crippen molar-refractivity contribution in [3.8, 4) is 23.3 Å². The van der Waals surface area contributed by atoms with Gasteiger partial charge < -0.3 is 19.5 Å². The maximum absolute atomic E-state index is 12.5. The van der Waals surface area contributed by atoms with Gasteiger partial charge in [0.1, 0.15) is 11.4 Å². The summed E-state index contributed by atoms with van der Waals surface area (Å²) in [7, 11) is 1.39. The molecular weight excluding hydrogens is 366 g/mol. The van der Waals surface area contributed by atoms with Crippen molar-refractivity contribution in [2.75, 3.05) is 19.0 Å². The first-order valence-corrected chi connectivity index (χ1v) is 8.36. The molecule has 0 heterocycles. The molecule has 0 aliphatic heterocycles. The minimum absolute atomic E-state index is 0.0242. The van der Waals surface area contributed by atoms with Gasteiger partial charge in [-0.2, -0.15) is 5.26 Å². The molecule has 0 aromatic heterocycles. The Balaban J connectivity index is 2.18. The summed E-state index contributed by atoms with van der Waals surface area (Å²) in [6, 6.07) is 10.7. The van der Waals surface area contributed by atoms with E-state index in [4.69, 9.17) is 19.5 Å². The third-order valence-electron chi connectivity index (χ3n) is 3.71. The van der Waals surface area contributed by atoms with Crippen molar-refractivity contribution in [2.24, 2.45) is 0 Å². The largest absolute Gasteiger partial charge is 0.496 e. The highest BCUT2D eigenvalue weighted by Crippen LogP contribution is 2.31. The number of nitriles is 1. The SMILES string of the molecule is CCOc1cc(C#N)ccc1O[C@@H](C)C(=O)Nc1ccc(OC)cc1[N+](=O)[O-]. The van der Waals surface area contributed by atoms with Crippen LogP contribution in [0.1, 0.15) is 19.4 Å². The number of amides is 1. The number of anilines is 1. The molecule has 1 N–H and O–H groups in total. The number of hydrogen-bond donors (Lipinski definition) is 1. The number of methoxy groups -OCH3 is 1. The molecule has 2 rings (SSSR count). The molecule has 0 saturated carbocycles. The van der Waals surface area contributed by atoms with Crippen LogP contribution in [-0.4, -0.2) is 30.7 Å². The molecule has 0 saturated heterocycles. The lowest BCUT2D eigenvalue weighted by molar-refractivity contribution is -0.384. The summed E-state index contributed by atoms with van der Waals surface area (Å²) in [4.78, 5) is 23.1. The van der Waals surface area contributed by atoms with Crippen LogP contribution in [0.5, 0.6) is 17.2 Å². The molecule has 0 bridgehead atoms. The van der Waals surface area contributed by atoms with Crippen LogP contribution in [0.15, 0.2) is 36.4 Å². The van der Waals surface area contributed by atoms with E-state index in [2.05, 4.69) is 5.32 Å². The summed E-state index contributed by atoms with van der Waals surface area (Å²) in [6.45, 7) is 3.63. The maximum atomic E-state index is 12.5. The van der Waals surface area contributed by atoms with Gasteiger partial charge in [-0.1, -0.05) is 0 Å². The first kappa shape index (κ1) is 20.5. The molecule has 0 aliphatic carbocycles. The third kappa shape index (κ3) is 4.88. The second-order valence-electron chi connectivity index (χ2n) is 5.60. The number of carbonyl (C=O) groups is 1. The van der Waals surface area contributed by atoms with Gasteiger partial charge in [-0.25, -0.2) is 0 Å². The molecule has 2 aromatic carbocycles. The lowest BCUT2D eigenvalue weighted by atomic mass is 10.2. The van der Waals surface area contributed by atoms with Crippen molar-refractivity contribution in [3.63, 3.8) is 0 Å². The molecule has 2 aromatic rings.